The first-order chi connectivity index (χ1) is 16.6. The number of hydrogen-bond donors (Lipinski definition) is 3. The molecule has 4 aromatic rings. The third-order valence-electron chi connectivity index (χ3n) is 5.79. The number of anilines is 4. The van der Waals surface area contributed by atoms with E-state index in [0.29, 0.717) is 11.6 Å². The van der Waals surface area contributed by atoms with Crippen molar-refractivity contribution < 1.29 is 9.53 Å². The quantitative estimate of drug-likeness (QED) is 0.367. The van der Waals surface area contributed by atoms with E-state index in [2.05, 4.69) is 25.5 Å². The van der Waals surface area contributed by atoms with E-state index in [9.17, 15) is 4.79 Å². The molecule has 0 spiro atoms. The smallest absolute Gasteiger partial charge is 0.271 e. The van der Waals surface area contributed by atoms with Crippen molar-refractivity contribution in [3.05, 3.63) is 59.9 Å². The van der Waals surface area contributed by atoms with Gasteiger partial charge < -0.3 is 26.0 Å². The number of benzene rings is 2. The molecule has 1 fully saturated rings. The van der Waals surface area contributed by atoms with Gasteiger partial charge in [0, 0.05) is 30.5 Å². The first kappa shape index (κ1) is 21.9. The van der Waals surface area contributed by atoms with Gasteiger partial charge in [-0.2, -0.15) is 0 Å². The standard InChI is InChI=1S/C24H25N7O2S/c1-33-18-7-4-15(5-8-18)28-17-3-2-10-31(13-17)21-12-26-22(23(25)32)24(30-21)29-16-6-9-19-20(11-16)34-14-27-19/h4-9,11-12,14,17,28H,2-3,10,13H2,1H3,(H2,25,32)(H,29,30)/t17-/m1/s1. The predicted molar refractivity (Wildman–Crippen MR) is 135 cm³/mol. The van der Waals surface area contributed by atoms with Gasteiger partial charge in [0.25, 0.3) is 5.91 Å². The number of carbonyl (C=O) groups excluding carboxylic acids is 1. The molecule has 0 unspecified atom stereocenters. The molecule has 10 heteroatoms. The monoisotopic (exact) mass is 475 g/mol. The summed E-state index contributed by atoms with van der Waals surface area (Å²) in [5.74, 6) is 1.25. The number of thiazole rings is 1. The molecular weight excluding hydrogens is 450 g/mol. The molecule has 5 rings (SSSR count). The maximum Gasteiger partial charge on any atom is 0.271 e. The van der Waals surface area contributed by atoms with Crippen LogP contribution in [-0.2, 0) is 0 Å². The van der Waals surface area contributed by atoms with Gasteiger partial charge in [-0.05, 0) is 55.3 Å². The van der Waals surface area contributed by atoms with Crippen molar-refractivity contribution in [2.24, 2.45) is 5.73 Å². The van der Waals surface area contributed by atoms with Gasteiger partial charge in [-0.25, -0.2) is 15.0 Å². The summed E-state index contributed by atoms with van der Waals surface area (Å²) in [5.41, 5.74) is 10.3. The zero-order chi connectivity index (χ0) is 23.5. The number of hydrogen-bond acceptors (Lipinski definition) is 9. The molecule has 34 heavy (non-hydrogen) atoms. The minimum atomic E-state index is -0.627. The Morgan fingerprint density at radius 1 is 1.18 bits per heavy atom. The average molecular weight is 476 g/mol. The van der Waals surface area contributed by atoms with Crippen molar-refractivity contribution in [3.63, 3.8) is 0 Å². The van der Waals surface area contributed by atoms with Crippen molar-refractivity contribution in [1.29, 1.82) is 0 Å². The van der Waals surface area contributed by atoms with E-state index < -0.39 is 5.91 Å². The fraction of sp³-hybridized carbons (Fsp3) is 0.250. The lowest BCUT2D eigenvalue weighted by Gasteiger charge is -2.34. The number of ether oxygens (including phenoxy) is 1. The molecule has 0 saturated carbocycles. The molecule has 1 aliphatic heterocycles. The molecule has 4 N–H and O–H groups in total. The zero-order valence-corrected chi connectivity index (χ0v) is 19.5. The van der Waals surface area contributed by atoms with Gasteiger partial charge in [0.05, 0.1) is 29.0 Å². The van der Waals surface area contributed by atoms with Gasteiger partial charge in [0.1, 0.15) is 11.6 Å². The lowest BCUT2D eigenvalue weighted by Crippen LogP contribution is -2.42. The number of nitrogens with one attached hydrogen (secondary N) is 2. The summed E-state index contributed by atoms with van der Waals surface area (Å²) in [6.45, 7) is 1.63. The Morgan fingerprint density at radius 2 is 2.00 bits per heavy atom. The van der Waals surface area contributed by atoms with Crippen molar-refractivity contribution in [3.8, 4) is 5.75 Å². The molecule has 0 aliphatic carbocycles. The Balaban J connectivity index is 1.35. The van der Waals surface area contributed by atoms with Crippen LogP contribution in [0.2, 0.25) is 0 Å². The van der Waals surface area contributed by atoms with E-state index >= 15 is 0 Å². The van der Waals surface area contributed by atoms with Crippen LogP contribution in [0.15, 0.2) is 54.2 Å². The normalized spacial score (nSPS) is 15.8. The second kappa shape index (κ2) is 9.52. The molecule has 1 amide bonds. The summed E-state index contributed by atoms with van der Waals surface area (Å²) in [6, 6.07) is 14.0. The molecule has 3 heterocycles. The maximum atomic E-state index is 12.0. The van der Waals surface area contributed by atoms with Crippen LogP contribution in [-0.4, -0.2) is 47.1 Å². The Labute approximate surface area is 201 Å². The van der Waals surface area contributed by atoms with Crippen LogP contribution >= 0.6 is 11.3 Å². The molecule has 2 aromatic carbocycles. The Hall–Kier alpha value is -3.92. The van der Waals surface area contributed by atoms with Crippen LogP contribution in [0.1, 0.15) is 23.3 Å². The summed E-state index contributed by atoms with van der Waals surface area (Å²) in [5, 5.41) is 6.82. The zero-order valence-electron chi connectivity index (χ0n) is 18.7. The van der Waals surface area contributed by atoms with Gasteiger partial charge in [-0.1, -0.05) is 0 Å². The Morgan fingerprint density at radius 3 is 2.79 bits per heavy atom. The average Bonchev–Trinajstić information content (AvgIpc) is 3.32. The summed E-state index contributed by atoms with van der Waals surface area (Å²) in [6.07, 6.45) is 3.68. The molecule has 0 radical (unpaired) electrons. The molecule has 174 valence electrons. The third-order valence-corrected chi connectivity index (χ3v) is 6.59. The lowest BCUT2D eigenvalue weighted by atomic mass is 10.1. The molecule has 1 saturated heterocycles. The summed E-state index contributed by atoms with van der Waals surface area (Å²) in [4.78, 5) is 27.6. The van der Waals surface area contributed by atoms with E-state index in [4.69, 9.17) is 15.5 Å². The second-order valence-electron chi connectivity index (χ2n) is 8.11. The minimum Gasteiger partial charge on any atom is -0.497 e. The van der Waals surface area contributed by atoms with Crippen molar-refractivity contribution in [2.45, 2.75) is 18.9 Å². The number of carbonyl (C=O) groups is 1. The number of nitrogens with zero attached hydrogens (tertiary/aromatic N) is 4. The first-order valence-electron chi connectivity index (χ1n) is 11.0. The Kier molecular flexibility index (Phi) is 6.13. The number of nitrogens with two attached hydrogens (primary N) is 1. The van der Waals surface area contributed by atoms with E-state index in [1.807, 2.05) is 42.5 Å². The van der Waals surface area contributed by atoms with Gasteiger partial charge in [0.15, 0.2) is 11.5 Å². The van der Waals surface area contributed by atoms with E-state index in [1.54, 1.807) is 30.2 Å². The first-order valence-corrected chi connectivity index (χ1v) is 11.9. The minimum absolute atomic E-state index is 0.109. The predicted octanol–water partition coefficient (Wildman–Crippen LogP) is 4.02. The van der Waals surface area contributed by atoms with Crippen LogP contribution < -0.4 is 26.0 Å². The van der Waals surface area contributed by atoms with Gasteiger partial charge in [0.2, 0.25) is 0 Å². The van der Waals surface area contributed by atoms with E-state index in [0.717, 1.165) is 53.3 Å². The third kappa shape index (κ3) is 4.72. The maximum absolute atomic E-state index is 12.0. The fourth-order valence-electron chi connectivity index (χ4n) is 4.10. The van der Waals surface area contributed by atoms with Crippen LogP contribution in [0.4, 0.5) is 23.0 Å². The molecule has 1 aliphatic rings. The number of primary amides is 1. The molecule has 0 bridgehead atoms. The number of rotatable bonds is 7. The fourth-order valence-corrected chi connectivity index (χ4v) is 4.81. The SMILES string of the molecule is COc1ccc(N[C@@H]2CCCN(c3cnc(C(N)=O)c(Nc4ccc5ncsc5c4)n3)C2)cc1. The van der Waals surface area contributed by atoms with E-state index in [-0.39, 0.29) is 11.7 Å². The van der Waals surface area contributed by atoms with Crippen molar-refractivity contribution in [1.82, 2.24) is 15.0 Å². The number of methoxy groups -OCH3 is 1. The van der Waals surface area contributed by atoms with Crippen LogP contribution in [0, 0.1) is 0 Å². The second-order valence-corrected chi connectivity index (χ2v) is 8.99. The van der Waals surface area contributed by atoms with Crippen LogP contribution in [0.3, 0.4) is 0 Å². The highest BCUT2D eigenvalue weighted by Gasteiger charge is 2.23. The number of fused-ring (bicyclic) bond motifs is 1. The highest BCUT2D eigenvalue weighted by atomic mass is 32.1. The lowest BCUT2D eigenvalue weighted by molar-refractivity contribution is 0.0996. The van der Waals surface area contributed by atoms with Gasteiger partial charge in [-0.15, -0.1) is 11.3 Å². The van der Waals surface area contributed by atoms with Gasteiger partial charge in [-0.3, -0.25) is 4.79 Å². The van der Waals surface area contributed by atoms with E-state index in [1.165, 1.54) is 0 Å². The highest BCUT2D eigenvalue weighted by Crippen LogP contribution is 2.27. The summed E-state index contributed by atoms with van der Waals surface area (Å²) in [7, 11) is 1.66. The van der Waals surface area contributed by atoms with Crippen LogP contribution in [0.25, 0.3) is 10.2 Å². The number of amides is 1. The summed E-state index contributed by atoms with van der Waals surface area (Å²) < 4.78 is 6.28. The largest absolute Gasteiger partial charge is 0.497 e. The van der Waals surface area contributed by atoms with Crippen molar-refractivity contribution in [2.75, 3.05) is 35.7 Å². The van der Waals surface area contributed by atoms with Crippen molar-refractivity contribution >= 4 is 50.5 Å². The van der Waals surface area contributed by atoms with Gasteiger partial charge >= 0.3 is 0 Å². The molecule has 1 atom stereocenters. The molecule has 2 aromatic heterocycles. The molecular formula is C24H25N7O2S. The number of piperidine rings is 1. The Bertz CT molecular complexity index is 1310. The highest BCUT2D eigenvalue weighted by molar-refractivity contribution is 7.16. The summed E-state index contributed by atoms with van der Waals surface area (Å²) >= 11 is 1.55. The van der Waals surface area contributed by atoms with Crippen LogP contribution in [0.5, 0.6) is 5.75 Å². The molecule has 9 nitrogen and oxygen atoms in total. The number of aromatic nitrogens is 3. The topological polar surface area (TPSA) is 118 Å².